The van der Waals surface area contributed by atoms with Crippen molar-refractivity contribution in [1.82, 2.24) is 24.8 Å². The van der Waals surface area contributed by atoms with Crippen molar-refractivity contribution in [2.24, 2.45) is 4.99 Å². The van der Waals surface area contributed by atoms with E-state index in [1.807, 2.05) is 24.4 Å². The molecule has 0 bridgehead atoms. The maximum Gasteiger partial charge on any atom is 0.216 e. The van der Waals surface area contributed by atoms with E-state index in [2.05, 4.69) is 48.9 Å². The van der Waals surface area contributed by atoms with Crippen molar-refractivity contribution in [1.29, 1.82) is 0 Å². The number of fused-ring (bicyclic) bond motifs is 5. The second kappa shape index (κ2) is 6.84. The van der Waals surface area contributed by atoms with Crippen LogP contribution in [0.4, 0.5) is 5.95 Å². The largest absolute Gasteiger partial charge is 0.330 e. The van der Waals surface area contributed by atoms with Gasteiger partial charge in [0.15, 0.2) is 6.17 Å². The van der Waals surface area contributed by atoms with Gasteiger partial charge in [0.25, 0.3) is 0 Å². The molecule has 7 nitrogen and oxygen atoms in total. The van der Waals surface area contributed by atoms with Crippen molar-refractivity contribution in [3.05, 3.63) is 54.4 Å². The second-order valence-electron chi connectivity index (χ2n) is 8.15. The first-order chi connectivity index (χ1) is 14.4. The normalized spacial score (nSPS) is 22.7. The average molecular weight is 387 g/mol. The Labute approximate surface area is 170 Å². The van der Waals surface area contributed by atoms with Gasteiger partial charge in [-0.3, -0.25) is 19.4 Å². The summed E-state index contributed by atoms with van der Waals surface area (Å²) in [5, 5.41) is 3.64. The predicted octanol–water partition coefficient (Wildman–Crippen LogP) is 3.31. The van der Waals surface area contributed by atoms with Crippen LogP contribution in [0.2, 0.25) is 0 Å². The highest BCUT2D eigenvalue weighted by molar-refractivity contribution is 5.98. The van der Waals surface area contributed by atoms with Gasteiger partial charge in [-0.2, -0.15) is 0 Å². The average Bonchev–Trinajstić information content (AvgIpc) is 3.19. The van der Waals surface area contributed by atoms with Crippen molar-refractivity contribution in [3.8, 4) is 0 Å². The molecule has 1 fully saturated rings. The maximum atomic E-state index is 5.01. The Hall–Kier alpha value is -2.93. The summed E-state index contributed by atoms with van der Waals surface area (Å²) in [6.45, 7) is 1.58. The van der Waals surface area contributed by atoms with E-state index in [0.29, 0.717) is 6.04 Å². The van der Waals surface area contributed by atoms with Crippen LogP contribution < -0.4 is 10.2 Å². The van der Waals surface area contributed by atoms with E-state index in [0.717, 1.165) is 42.0 Å². The fourth-order valence-corrected chi connectivity index (χ4v) is 4.90. The lowest BCUT2D eigenvalue weighted by Gasteiger charge is -2.44. The molecule has 6 rings (SSSR count). The smallest absolute Gasteiger partial charge is 0.216 e. The molecule has 1 aromatic carbocycles. The quantitative estimate of drug-likeness (QED) is 0.731. The van der Waals surface area contributed by atoms with Gasteiger partial charge in [0.1, 0.15) is 0 Å². The molecule has 1 aliphatic carbocycles. The number of rotatable bonds is 2. The van der Waals surface area contributed by atoms with Crippen molar-refractivity contribution in [2.45, 2.75) is 44.3 Å². The number of guanidine groups is 1. The molecule has 4 heterocycles. The summed E-state index contributed by atoms with van der Waals surface area (Å²) in [7, 11) is 0. The highest BCUT2D eigenvalue weighted by atomic mass is 15.5. The molecule has 0 saturated heterocycles. The lowest BCUT2D eigenvalue weighted by molar-refractivity contribution is 0.156. The summed E-state index contributed by atoms with van der Waals surface area (Å²) >= 11 is 0. The van der Waals surface area contributed by atoms with Gasteiger partial charge >= 0.3 is 0 Å². The van der Waals surface area contributed by atoms with Gasteiger partial charge in [-0.25, -0.2) is 9.98 Å². The Kier molecular flexibility index (Phi) is 4.01. The van der Waals surface area contributed by atoms with E-state index >= 15 is 0 Å². The number of nitrogens with one attached hydrogen (secondary N) is 1. The first-order valence-electron chi connectivity index (χ1n) is 10.6. The fraction of sp³-hybridized carbons (Fsp3) is 0.409. The summed E-state index contributed by atoms with van der Waals surface area (Å²) < 4.78 is 2.26. The molecule has 1 saturated carbocycles. The number of aromatic nitrogens is 3. The molecule has 29 heavy (non-hydrogen) atoms. The number of hydrogen-bond donors (Lipinski definition) is 1. The second-order valence-corrected chi connectivity index (χ2v) is 8.15. The van der Waals surface area contributed by atoms with Crippen LogP contribution in [0.25, 0.3) is 11.0 Å². The van der Waals surface area contributed by atoms with E-state index in [-0.39, 0.29) is 6.17 Å². The molecule has 2 aliphatic heterocycles. The van der Waals surface area contributed by atoms with Gasteiger partial charge in [-0.15, -0.1) is 0 Å². The molecule has 1 N–H and O–H groups in total. The van der Waals surface area contributed by atoms with E-state index in [9.17, 15) is 0 Å². The lowest BCUT2D eigenvalue weighted by atomic mass is 9.94. The molecule has 3 aliphatic rings. The molecule has 7 heteroatoms. The van der Waals surface area contributed by atoms with Crippen molar-refractivity contribution in [3.63, 3.8) is 0 Å². The number of imidazole rings is 1. The molecule has 3 aromatic rings. The van der Waals surface area contributed by atoms with E-state index in [1.165, 1.54) is 32.1 Å². The van der Waals surface area contributed by atoms with Crippen LogP contribution >= 0.6 is 0 Å². The van der Waals surface area contributed by atoms with Crippen LogP contribution in [-0.4, -0.2) is 44.8 Å². The van der Waals surface area contributed by atoms with Gasteiger partial charge in [0.2, 0.25) is 11.9 Å². The Morgan fingerprint density at radius 3 is 2.69 bits per heavy atom. The third-order valence-electron chi connectivity index (χ3n) is 6.38. The van der Waals surface area contributed by atoms with Gasteiger partial charge in [-0.1, -0.05) is 37.5 Å². The van der Waals surface area contributed by atoms with Crippen LogP contribution in [0.1, 0.15) is 44.0 Å². The minimum atomic E-state index is -0.116. The van der Waals surface area contributed by atoms with Crippen molar-refractivity contribution < 1.29 is 0 Å². The summed E-state index contributed by atoms with van der Waals surface area (Å²) in [5.74, 6) is 1.84. The minimum absolute atomic E-state index is 0.116. The van der Waals surface area contributed by atoms with Crippen molar-refractivity contribution in [2.75, 3.05) is 18.2 Å². The zero-order chi connectivity index (χ0) is 19.2. The summed E-state index contributed by atoms with van der Waals surface area (Å²) in [4.78, 5) is 19.3. The Morgan fingerprint density at radius 2 is 1.83 bits per heavy atom. The Balaban J connectivity index is 1.44. The molecule has 148 valence electrons. The van der Waals surface area contributed by atoms with Gasteiger partial charge in [0, 0.05) is 12.2 Å². The Bertz CT molecular complexity index is 1050. The number of para-hydroxylation sites is 2. The van der Waals surface area contributed by atoms with Crippen LogP contribution in [-0.2, 0) is 0 Å². The third-order valence-corrected chi connectivity index (χ3v) is 6.38. The molecule has 0 amide bonds. The van der Waals surface area contributed by atoms with E-state index in [4.69, 9.17) is 9.98 Å². The lowest BCUT2D eigenvalue weighted by Crippen LogP contribution is -2.59. The molecular weight excluding hydrogens is 362 g/mol. The summed E-state index contributed by atoms with van der Waals surface area (Å²) in [6.07, 6.45) is 8.31. The monoisotopic (exact) mass is 387 g/mol. The SMILES string of the molecule is c1ccc([C@@H]2NC3=NCN(C4CCCCC4)CN3c3nc4ccccc4n32)nc1. The number of anilines is 1. The third kappa shape index (κ3) is 2.80. The highest BCUT2D eigenvalue weighted by Gasteiger charge is 2.37. The van der Waals surface area contributed by atoms with Gasteiger partial charge < -0.3 is 5.32 Å². The molecule has 1 atom stereocenters. The van der Waals surface area contributed by atoms with Crippen LogP contribution in [0.3, 0.4) is 0 Å². The maximum absolute atomic E-state index is 5.01. The molecule has 0 unspecified atom stereocenters. The number of pyridine rings is 1. The topological polar surface area (TPSA) is 61.6 Å². The van der Waals surface area contributed by atoms with Gasteiger partial charge in [0.05, 0.1) is 30.1 Å². The number of hydrogen-bond acceptors (Lipinski definition) is 6. The fourth-order valence-electron chi connectivity index (χ4n) is 4.90. The van der Waals surface area contributed by atoms with Crippen LogP contribution in [0.15, 0.2) is 53.7 Å². The molecule has 0 radical (unpaired) electrons. The minimum Gasteiger partial charge on any atom is -0.330 e. The Morgan fingerprint density at radius 1 is 0.966 bits per heavy atom. The molecule has 2 aromatic heterocycles. The zero-order valence-electron chi connectivity index (χ0n) is 16.4. The van der Waals surface area contributed by atoms with E-state index in [1.54, 1.807) is 0 Å². The van der Waals surface area contributed by atoms with Crippen LogP contribution in [0.5, 0.6) is 0 Å². The number of aliphatic imine (C=N–C) groups is 1. The highest BCUT2D eigenvalue weighted by Crippen LogP contribution is 2.34. The summed E-state index contributed by atoms with van der Waals surface area (Å²) in [5.41, 5.74) is 3.08. The predicted molar refractivity (Wildman–Crippen MR) is 114 cm³/mol. The molecule has 0 spiro atoms. The first kappa shape index (κ1) is 17.0. The first-order valence-corrected chi connectivity index (χ1v) is 10.6. The molecular formula is C22H25N7. The number of benzene rings is 1. The van der Waals surface area contributed by atoms with Crippen LogP contribution in [0, 0.1) is 0 Å². The number of nitrogens with zero attached hydrogens (tertiary/aromatic N) is 6. The van der Waals surface area contributed by atoms with Crippen molar-refractivity contribution >= 4 is 22.9 Å². The standard InChI is InChI=1S/C22H25N7/c1-2-8-16(9-3-1)27-14-24-21-26-20(18-11-6-7-13-23-18)29-19-12-5-4-10-17(19)25-22(29)28(21)15-27/h4-7,10-13,16,20H,1-3,8-9,14-15H2,(H,24,26)/t20-/m1/s1. The van der Waals surface area contributed by atoms with E-state index < -0.39 is 0 Å². The van der Waals surface area contributed by atoms with Gasteiger partial charge in [-0.05, 0) is 37.1 Å². The zero-order valence-corrected chi connectivity index (χ0v) is 16.4. The summed E-state index contributed by atoms with van der Waals surface area (Å²) in [6, 6.07) is 15.0.